The number of amides is 1. The van der Waals surface area contributed by atoms with Crippen LogP contribution < -0.4 is 0 Å². The van der Waals surface area contributed by atoms with Crippen molar-refractivity contribution >= 4 is 11.7 Å². The number of Topliss-reactive ketones (excluding diaryl/α,β-unsaturated/α-hetero) is 1. The molecule has 2 aromatic rings. The Labute approximate surface area is 133 Å². The van der Waals surface area contributed by atoms with Gasteiger partial charge in [-0.1, -0.05) is 30.3 Å². The molecule has 0 saturated carbocycles. The van der Waals surface area contributed by atoms with Crippen molar-refractivity contribution in [1.29, 1.82) is 0 Å². The van der Waals surface area contributed by atoms with Crippen molar-refractivity contribution in [1.82, 2.24) is 14.9 Å². The summed E-state index contributed by atoms with van der Waals surface area (Å²) in [6, 6.07) is 8.71. The smallest absolute Gasteiger partial charge is 0.290 e. The molecule has 23 heavy (non-hydrogen) atoms. The van der Waals surface area contributed by atoms with Gasteiger partial charge in [-0.25, -0.2) is 4.98 Å². The fourth-order valence-electron chi connectivity index (χ4n) is 2.89. The zero-order valence-corrected chi connectivity index (χ0v) is 12.7. The number of hydrogen-bond acceptors (Lipinski definition) is 4. The second kappa shape index (κ2) is 6.08. The molecule has 0 saturated heterocycles. The lowest BCUT2D eigenvalue weighted by Gasteiger charge is -2.26. The number of nitrogens with one attached hydrogen (secondary N) is 1. The molecular weight excluding hydrogens is 294 g/mol. The van der Waals surface area contributed by atoms with Crippen LogP contribution in [0.4, 0.5) is 0 Å². The molecule has 0 bridgehead atoms. The Morgan fingerprint density at radius 2 is 2.09 bits per heavy atom. The molecule has 1 atom stereocenters. The number of aromatic amines is 1. The molecular formula is C17H17N3O3. The SMILES string of the molecule is CC(=O)C1=C(O)C(=O)N(CCc2cnc[nH]2)[C@H]1c1ccccc1. The summed E-state index contributed by atoms with van der Waals surface area (Å²) in [5.74, 6) is -1.26. The average molecular weight is 311 g/mol. The summed E-state index contributed by atoms with van der Waals surface area (Å²) in [6.07, 6.45) is 3.83. The highest BCUT2D eigenvalue weighted by Crippen LogP contribution is 2.37. The van der Waals surface area contributed by atoms with Gasteiger partial charge in [0, 0.05) is 24.9 Å². The standard InChI is InChI=1S/C17H17N3O3/c1-11(21)14-15(12-5-3-2-4-6-12)20(17(23)16(14)22)8-7-13-9-18-10-19-13/h2-6,9-10,15,22H,7-8H2,1H3,(H,18,19)/t15-/m0/s1. The first-order chi connectivity index (χ1) is 11.1. The van der Waals surface area contributed by atoms with Crippen molar-refractivity contribution in [2.45, 2.75) is 19.4 Å². The van der Waals surface area contributed by atoms with Crippen molar-refractivity contribution in [3.63, 3.8) is 0 Å². The number of hydrogen-bond donors (Lipinski definition) is 2. The molecule has 0 unspecified atom stereocenters. The van der Waals surface area contributed by atoms with E-state index >= 15 is 0 Å². The van der Waals surface area contributed by atoms with Crippen LogP contribution >= 0.6 is 0 Å². The van der Waals surface area contributed by atoms with Crippen LogP contribution in [-0.2, 0) is 16.0 Å². The van der Waals surface area contributed by atoms with E-state index in [0.717, 1.165) is 11.3 Å². The fourth-order valence-corrected chi connectivity index (χ4v) is 2.89. The first-order valence-corrected chi connectivity index (χ1v) is 7.37. The van der Waals surface area contributed by atoms with Gasteiger partial charge in [0.15, 0.2) is 11.5 Å². The Balaban J connectivity index is 1.93. The summed E-state index contributed by atoms with van der Waals surface area (Å²) in [7, 11) is 0. The second-order valence-electron chi connectivity index (χ2n) is 5.46. The predicted molar refractivity (Wildman–Crippen MR) is 83.5 cm³/mol. The number of ketones is 1. The highest BCUT2D eigenvalue weighted by atomic mass is 16.3. The van der Waals surface area contributed by atoms with Crippen LogP contribution in [0.5, 0.6) is 0 Å². The minimum Gasteiger partial charge on any atom is -0.503 e. The molecule has 6 nitrogen and oxygen atoms in total. The van der Waals surface area contributed by atoms with Gasteiger partial charge in [-0.2, -0.15) is 0 Å². The van der Waals surface area contributed by atoms with E-state index in [1.807, 2.05) is 30.3 Å². The van der Waals surface area contributed by atoms with Gasteiger partial charge < -0.3 is 15.0 Å². The zero-order chi connectivity index (χ0) is 16.4. The molecule has 0 fully saturated rings. The molecule has 0 aliphatic carbocycles. The van der Waals surface area contributed by atoms with Crippen LogP contribution in [0.2, 0.25) is 0 Å². The van der Waals surface area contributed by atoms with E-state index in [-0.39, 0.29) is 11.4 Å². The van der Waals surface area contributed by atoms with Crippen LogP contribution in [-0.4, -0.2) is 38.2 Å². The number of aromatic nitrogens is 2. The van der Waals surface area contributed by atoms with Crippen molar-refractivity contribution in [3.05, 3.63) is 65.4 Å². The lowest BCUT2D eigenvalue weighted by Crippen LogP contribution is -2.33. The van der Waals surface area contributed by atoms with E-state index in [1.165, 1.54) is 11.8 Å². The Morgan fingerprint density at radius 1 is 1.35 bits per heavy atom. The number of imidazole rings is 1. The summed E-state index contributed by atoms with van der Waals surface area (Å²) in [5.41, 5.74) is 1.85. The molecule has 1 amide bonds. The van der Waals surface area contributed by atoms with Gasteiger partial charge in [0.25, 0.3) is 5.91 Å². The summed E-state index contributed by atoms with van der Waals surface area (Å²) in [5, 5.41) is 10.1. The largest absolute Gasteiger partial charge is 0.503 e. The molecule has 2 heterocycles. The van der Waals surface area contributed by atoms with Crippen molar-refractivity contribution in [2.24, 2.45) is 0 Å². The zero-order valence-electron chi connectivity index (χ0n) is 12.7. The van der Waals surface area contributed by atoms with E-state index in [1.54, 1.807) is 12.5 Å². The molecule has 0 radical (unpaired) electrons. The number of H-pyrrole nitrogens is 1. The third-order valence-corrected chi connectivity index (χ3v) is 3.98. The molecule has 1 aromatic heterocycles. The highest BCUT2D eigenvalue weighted by molar-refractivity contribution is 6.08. The number of aliphatic hydroxyl groups is 1. The van der Waals surface area contributed by atoms with E-state index < -0.39 is 17.7 Å². The van der Waals surface area contributed by atoms with Gasteiger partial charge in [-0.15, -0.1) is 0 Å². The number of aliphatic hydroxyl groups excluding tert-OH is 1. The molecule has 1 aliphatic heterocycles. The lowest BCUT2D eigenvalue weighted by atomic mass is 9.97. The quantitative estimate of drug-likeness (QED) is 0.883. The van der Waals surface area contributed by atoms with Gasteiger partial charge in [-0.05, 0) is 12.5 Å². The van der Waals surface area contributed by atoms with Crippen molar-refractivity contribution in [2.75, 3.05) is 6.54 Å². The van der Waals surface area contributed by atoms with Crippen molar-refractivity contribution in [3.8, 4) is 0 Å². The second-order valence-corrected chi connectivity index (χ2v) is 5.46. The molecule has 1 aromatic carbocycles. The first kappa shape index (κ1) is 15.0. The third kappa shape index (κ3) is 2.75. The maximum atomic E-state index is 12.4. The first-order valence-electron chi connectivity index (χ1n) is 7.37. The lowest BCUT2D eigenvalue weighted by molar-refractivity contribution is -0.129. The van der Waals surface area contributed by atoms with Gasteiger partial charge >= 0.3 is 0 Å². The average Bonchev–Trinajstić information content (AvgIpc) is 3.14. The van der Waals surface area contributed by atoms with Crippen LogP contribution in [0.25, 0.3) is 0 Å². The summed E-state index contributed by atoms with van der Waals surface area (Å²) < 4.78 is 0. The monoisotopic (exact) mass is 311 g/mol. The normalized spacial score (nSPS) is 17.9. The summed E-state index contributed by atoms with van der Waals surface area (Å²) in [4.78, 5) is 32.8. The van der Waals surface area contributed by atoms with Crippen LogP contribution in [0.3, 0.4) is 0 Å². The molecule has 6 heteroatoms. The molecule has 0 spiro atoms. The Morgan fingerprint density at radius 3 is 2.70 bits per heavy atom. The maximum Gasteiger partial charge on any atom is 0.290 e. The van der Waals surface area contributed by atoms with E-state index in [4.69, 9.17) is 0 Å². The summed E-state index contributed by atoms with van der Waals surface area (Å²) in [6.45, 7) is 1.74. The molecule has 2 N–H and O–H groups in total. The molecule has 3 rings (SSSR count). The fraction of sp³-hybridized carbons (Fsp3) is 0.235. The van der Waals surface area contributed by atoms with E-state index in [0.29, 0.717) is 13.0 Å². The minimum absolute atomic E-state index is 0.158. The number of carbonyl (C=O) groups is 2. The Bertz CT molecular complexity index is 751. The van der Waals surface area contributed by atoms with Crippen LogP contribution in [0, 0.1) is 0 Å². The van der Waals surface area contributed by atoms with E-state index in [2.05, 4.69) is 9.97 Å². The van der Waals surface area contributed by atoms with Gasteiger partial charge in [0.1, 0.15) is 0 Å². The summed E-state index contributed by atoms with van der Waals surface area (Å²) >= 11 is 0. The maximum absolute atomic E-state index is 12.4. The third-order valence-electron chi connectivity index (χ3n) is 3.98. The minimum atomic E-state index is -0.552. The number of benzene rings is 1. The molecule has 118 valence electrons. The van der Waals surface area contributed by atoms with Crippen LogP contribution in [0.1, 0.15) is 24.2 Å². The van der Waals surface area contributed by atoms with Crippen molar-refractivity contribution < 1.29 is 14.7 Å². The predicted octanol–water partition coefficient (Wildman–Crippen LogP) is 1.94. The Hall–Kier alpha value is -2.89. The van der Waals surface area contributed by atoms with Gasteiger partial charge in [-0.3, -0.25) is 9.59 Å². The highest BCUT2D eigenvalue weighted by Gasteiger charge is 2.41. The number of rotatable bonds is 5. The van der Waals surface area contributed by atoms with Crippen LogP contribution in [0.15, 0.2) is 54.2 Å². The topological polar surface area (TPSA) is 86.3 Å². The van der Waals surface area contributed by atoms with Gasteiger partial charge in [0.2, 0.25) is 0 Å². The van der Waals surface area contributed by atoms with Gasteiger partial charge in [0.05, 0.1) is 17.9 Å². The van der Waals surface area contributed by atoms with E-state index in [9.17, 15) is 14.7 Å². The Kier molecular flexibility index (Phi) is 3.97. The number of nitrogens with zero attached hydrogens (tertiary/aromatic N) is 2. The number of carbonyl (C=O) groups excluding carboxylic acids is 2. The molecule has 1 aliphatic rings.